The Hall–Kier alpha value is -1.69. The first-order valence-corrected chi connectivity index (χ1v) is 13.8. The highest BCUT2D eigenvalue weighted by Gasteiger charge is 2.35. The van der Waals surface area contributed by atoms with E-state index in [9.17, 15) is 0 Å². The summed E-state index contributed by atoms with van der Waals surface area (Å²) in [5.74, 6) is 0. The molecule has 23 heavy (non-hydrogen) atoms. The van der Waals surface area contributed by atoms with Gasteiger partial charge in [0.2, 0.25) is 16.6 Å². The van der Waals surface area contributed by atoms with Crippen LogP contribution in [0.1, 0.15) is 11.1 Å². The van der Waals surface area contributed by atoms with Crippen LogP contribution in [-0.2, 0) is 4.12 Å². The number of hydrogen-bond acceptors (Lipinski definition) is 1. The molecule has 0 aliphatic rings. The van der Waals surface area contributed by atoms with Gasteiger partial charge in [-0.15, -0.1) is 0 Å². The molecule has 0 amide bonds. The summed E-state index contributed by atoms with van der Waals surface area (Å²) in [5, 5.41) is 2.65. The van der Waals surface area contributed by atoms with E-state index in [2.05, 4.69) is 87.9 Å². The van der Waals surface area contributed by atoms with Crippen molar-refractivity contribution >= 4 is 39.2 Å². The fourth-order valence-corrected chi connectivity index (χ4v) is 10.8. The summed E-state index contributed by atoms with van der Waals surface area (Å²) < 4.78 is 6.77. The Morgan fingerprint density at radius 2 is 0.957 bits per heavy atom. The molecule has 2 aromatic rings. The number of hydrogen-bond donors (Lipinski definition) is 0. The molecule has 0 N–H and O–H groups in total. The van der Waals surface area contributed by atoms with E-state index < -0.39 is 16.6 Å². The normalized spacial score (nSPS) is 12.0. The molecular weight excluding hydrogens is 312 g/mol. The van der Waals surface area contributed by atoms with E-state index in [1.807, 2.05) is 12.2 Å². The zero-order chi connectivity index (χ0) is 17.1. The molecule has 1 nitrogen and oxygen atoms in total. The molecule has 0 radical (unpaired) electrons. The lowest BCUT2D eigenvalue weighted by Crippen LogP contribution is -2.57. The molecule has 0 saturated heterocycles. The maximum Gasteiger partial charge on any atom is 0.206 e. The second-order valence-corrected chi connectivity index (χ2v) is 14.8. The standard InChI is InChI=1S/C20H26OSi2/c1-7-17-9-13-19(14-10-17)22(3,4)21-23(5,6)20-15-11-18(8-2)12-16-20/h7-16H,1-2H2,3-6H3. The first kappa shape index (κ1) is 17.7. The van der Waals surface area contributed by atoms with E-state index >= 15 is 0 Å². The highest BCUT2D eigenvalue weighted by atomic mass is 28.4. The maximum absolute atomic E-state index is 6.77. The minimum Gasteiger partial charge on any atom is -0.449 e. The van der Waals surface area contributed by atoms with Gasteiger partial charge in [-0.05, 0) is 47.7 Å². The van der Waals surface area contributed by atoms with Crippen LogP contribution in [-0.4, -0.2) is 16.6 Å². The van der Waals surface area contributed by atoms with Crippen LogP contribution in [0.5, 0.6) is 0 Å². The Bertz CT molecular complexity index is 621. The van der Waals surface area contributed by atoms with Gasteiger partial charge in [0.25, 0.3) is 0 Å². The quantitative estimate of drug-likeness (QED) is 0.704. The van der Waals surface area contributed by atoms with Gasteiger partial charge in [-0.3, -0.25) is 0 Å². The lowest BCUT2D eigenvalue weighted by molar-refractivity contribution is 0.573. The predicted octanol–water partition coefficient (Wildman–Crippen LogP) is 4.51. The first-order chi connectivity index (χ1) is 10.8. The molecule has 0 aromatic heterocycles. The average molecular weight is 339 g/mol. The smallest absolute Gasteiger partial charge is 0.206 e. The lowest BCUT2D eigenvalue weighted by Gasteiger charge is -2.34. The predicted molar refractivity (Wildman–Crippen MR) is 108 cm³/mol. The molecule has 2 aromatic carbocycles. The molecule has 0 saturated carbocycles. The molecule has 2 rings (SSSR count). The van der Waals surface area contributed by atoms with Gasteiger partial charge >= 0.3 is 0 Å². The van der Waals surface area contributed by atoms with Gasteiger partial charge < -0.3 is 4.12 Å². The Morgan fingerprint density at radius 3 is 1.22 bits per heavy atom. The van der Waals surface area contributed by atoms with Crippen LogP contribution in [0.3, 0.4) is 0 Å². The molecule has 0 bridgehead atoms. The zero-order valence-corrected chi connectivity index (χ0v) is 16.6. The first-order valence-electron chi connectivity index (χ1n) is 7.94. The highest BCUT2D eigenvalue weighted by Crippen LogP contribution is 2.16. The van der Waals surface area contributed by atoms with Gasteiger partial charge in [-0.1, -0.05) is 73.8 Å². The van der Waals surface area contributed by atoms with Crippen LogP contribution in [0.4, 0.5) is 0 Å². The van der Waals surface area contributed by atoms with E-state index in [1.54, 1.807) is 0 Å². The van der Waals surface area contributed by atoms with Gasteiger partial charge in [0.15, 0.2) is 0 Å². The molecule has 0 heterocycles. The van der Waals surface area contributed by atoms with Crippen LogP contribution >= 0.6 is 0 Å². The average Bonchev–Trinajstić information content (AvgIpc) is 2.54. The molecule has 0 unspecified atom stereocenters. The second-order valence-electron chi connectivity index (χ2n) is 6.77. The van der Waals surface area contributed by atoms with Gasteiger partial charge in [0.1, 0.15) is 0 Å². The molecular formula is C20H26OSi2. The molecule has 0 fully saturated rings. The minimum atomic E-state index is -1.95. The summed E-state index contributed by atoms with van der Waals surface area (Å²) in [6.45, 7) is 16.8. The molecule has 0 atom stereocenters. The van der Waals surface area contributed by atoms with E-state index in [0.717, 1.165) is 11.1 Å². The van der Waals surface area contributed by atoms with Crippen LogP contribution < -0.4 is 10.4 Å². The van der Waals surface area contributed by atoms with Gasteiger partial charge in [-0.2, -0.15) is 0 Å². The van der Waals surface area contributed by atoms with Crippen molar-refractivity contribution in [3.8, 4) is 0 Å². The summed E-state index contributed by atoms with van der Waals surface area (Å²) in [5.41, 5.74) is 2.30. The lowest BCUT2D eigenvalue weighted by atomic mass is 10.2. The van der Waals surface area contributed by atoms with Crippen molar-refractivity contribution in [1.29, 1.82) is 0 Å². The van der Waals surface area contributed by atoms with E-state index in [4.69, 9.17) is 4.12 Å². The summed E-state index contributed by atoms with van der Waals surface area (Å²) in [4.78, 5) is 0. The summed E-state index contributed by atoms with van der Waals surface area (Å²) in [6.07, 6.45) is 3.75. The van der Waals surface area contributed by atoms with Gasteiger partial charge in [-0.25, -0.2) is 0 Å². The van der Waals surface area contributed by atoms with Crippen molar-refractivity contribution in [3.05, 3.63) is 72.8 Å². The third kappa shape index (κ3) is 4.19. The zero-order valence-electron chi connectivity index (χ0n) is 14.6. The van der Waals surface area contributed by atoms with Crippen molar-refractivity contribution in [2.45, 2.75) is 26.2 Å². The van der Waals surface area contributed by atoms with Crippen molar-refractivity contribution in [3.63, 3.8) is 0 Å². The number of benzene rings is 2. The molecule has 3 heteroatoms. The topological polar surface area (TPSA) is 9.23 Å². The Kier molecular flexibility index (Phi) is 5.24. The highest BCUT2D eigenvalue weighted by molar-refractivity contribution is 6.96. The van der Waals surface area contributed by atoms with E-state index in [-0.39, 0.29) is 0 Å². The van der Waals surface area contributed by atoms with Crippen molar-refractivity contribution in [2.24, 2.45) is 0 Å². The number of rotatable bonds is 6. The molecule has 0 aliphatic carbocycles. The molecule has 0 spiro atoms. The van der Waals surface area contributed by atoms with E-state index in [0.29, 0.717) is 0 Å². The van der Waals surface area contributed by atoms with Gasteiger partial charge in [0, 0.05) is 0 Å². The molecule has 0 aliphatic heterocycles. The van der Waals surface area contributed by atoms with Gasteiger partial charge in [0.05, 0.1) is 0 Å². The van der Waals surface area contributed by atoms with Crippen molar-refractivity contribution < 1.29 is 4.12 Å². The fraction of sp³-hybridized carbons (Fsp3) is 0.200. The largest absolute Gasteiger partial charge is 0.449 e. The maximum atomic E-state index is 6.77. The summed E-state index contributed by atoms with van der Waals surface area (Å²) >= 11 is 0. The fourth-order valence-electron chi connectivity index (χ4n) is 2.80. The van der Waals surface area contributed by atoms with Crippen LogP contribution in [0.25, 0.3) is 12.2 Å². The second kappa shape index (κ2) is 6.83. The Balaban J connectivity index is 2.25. The molecule has 120 valence electrons. The van der Waals surface area contributed by atoms with Crippen LogP contribution in [0, 0.1) is 0 Å². The van der Waals surface area contributed by atoms with Crippen molar-refractivity contribution in [1.82, 2.24) is 0 Å². The Labute approximate surface area is 142 Å². The summed E-state index contributed by atoms with van der Waals surface area (Å²) in [7, 11) is -3.90. The SMILES string of the molecule is C=Cc1ccc([Si](C)(C)O[Si](C)(C)c2ccc(C=C)cc2)cc1. The summed E-state index contributed by atoms with van der Waals surface area (Å²) in [6, 6.07) is 17.2. The van der Waals surface area contributed by atoms with Crippen molar-refractivity contribution in [2.75, 3.05) is 0 Å². The monoisotopic (exact) mass is 338 g/mol. The van der Waals surface area contributed by atoms with Crippen LogP contribution in [0.15, 0.2) is 61.7 Å². The van der Waals surface area contributed by atoms with E-state index in [1.165, 1.54) is 10.4 Å². The minimum absolute atomic E-state index is 1.15. The third-order valence-corrected chi connectivity index (χ3v) is 11.7. The third-order valence-electron chi connectivity index (χ3n) is 4.19. The van der Waals surface area contributed by atoms with Crippen LogP contribution in [0.2, 0.25) is 26.2 Å². The Morgan fingerprint density at radius 1 is 0.652 bits per heavy atom.